The van der Waals surface area contributed by atoms with Crippen LogP contribution >= 0.6 is 15.9 Å². The minimum atomic E-state index is -0.177. The van der Waals surface area contributed by atoms with Gasteiger partial charge in [-0.3, -0.25) is 4.79 Å². The molecule has 1 fully saturated rings. The minimum Gasteiger partial charge on any atom is -0.483 e. The van der Waals surface area contributed by atoms with Gasteiger partial charge in [-0.05, 0) is 69.9 Å². The second-order valence-corrected chi connectivity index (χ2v) is 7.47. The van der Waals surface area contributed by atoms with Crippen LogP contribution in [0.5, 0.6) is 5.75 Å². The van der Waals surface area contributed by atoms with Crippen LogP contribution < -0.4 is 15.0 Å². The number of fused-ring (bicyclic) bond motifs is 1. The summed E-state index contributed by atoms with van der Waals surface area (Å²) in [7, 11) is 0. The number of rotatable bonds is 5. The Morgan fingerprint density at radius 3 is 2.52 bits per heavy atom. The van der Waals surface area contributed by atoms with Crippen molar-refractivity contribution >= 4 is 44.0 Å². The number of nitrogens with one attached hydrogen (secondary N) is 1. The van der Waals surface area contributed by atoms with Crippen molar-refractivity contribution in [2.75, 3.05) is 29.9 Å². The fraction of sp³-hybridized carbons (Fsp3) is 0.227. The largest absolute Gasteiger partial charge is 0.483 e. The van der Waals surface area contributed by atoms with Crippen molar-refractivity contribution in [3.63, 3.8) is 0 Å². The molecule has 4 nitrogen and oxygen atoms in total. The molecule has 3 aromatic rings. The number of amides is 1. The van der Waals surface area contributed by atoms with E-state index < -0.39 is 0 Å². The normalized spacial score (nSPS) is 13.7. The van der Waals surface area contributed by atoms with E-state index in [1.165, 1.54) is 18.5 Å². The quantitative estimate of drug-likeness (QED) is 0.610. The van der Waals surface area contributed by atoms with Crippen LogP contribution in [0.15, 0.2) is 65.1 Å². The molecule has 0 bridgehead atoms. The van der Waals surface area contributed by atoms with E-state index in [2.05, 4.69) is 38.3 Å². The Morgan fingerprint density at radius 1 is 1.00 bits per heavy atom. The third-order valence-corrected chi connectivity index (χ3v) is 5.63. The second kappa shape index (κ2) is 8.01. The van der Waals surface area contributed by atoms with E-state index >= 15 is 0 Å². The molecule has 0 atom stereocenters. The smallest absolute Gasteiger partial charge is 0.262 e. The molecular formula is C22H21BrN2O2. The first-order chi connectivity index (χ1) is 13.2. The molecule has 1 heterocycles. The van der Waals surface area contributed by atoms with Gasteiger partial charge in [0.15, 0.2) is 6.61 Å². The predicted molar refractivity (Wildman–Crippen MR) is 114 cm³/mol. The number of halogens is 1. The van der Waals surface area contributed by atoms with Crippen molar-refractivity contribution in [1.29, 1.82) is 0 Å². The number of ether oxygens (including phenoxy) is 1. The summed E-state index contributed by atoms with van der Waals surface area (Å²) in [6.45, 7) is 2.19. The van der Waals surface area contributed by atoms with Crippen LogP contribution in [-0.2, 0) is 4.79 Å². The number of anilines is 2. The van der Waals surface area contributed by atoms with Crippen LogP contribution in [0.3, 0.4) is 0 Å². The molecule has 1 saturated heterocycles. The van der Waals surface area contributed by atoms with Crippen LogP contribution in [0.25, 0.3) is 10.8 Å². The van der Waals surface area contributed by atoms with Gasteiger partial charge in [0.25, 0.3) is 5.91 Å². The van der Waals surface area contributed by atoms with Gasteiger partial charge in [0.2, 0.25) is 0 Å². The lowest BCUT2D eigenvalue weighted by atomic mass is 10.1. The van der Waals surface area contributed by atoms with Gasteiger partial charge in [-0.1, -0.05) is 30.3 Å². The predicted octanol–water partition coefficient (Wildman–Crippen LogP) is 5.22. The van der Waals surface area contributed by atoms with E-state index in [9.17, 15) is 4.79 Å². The summed E-state index contributed by atoms with van der Waals surface area (Å²) < 4.78 is 6.58. The number of carbonyl (C=O) groups is 1. The highest BCUT2D eigenvalue weighted by atomic mass is 79.9. The van der Waals surface area contributed by atoms with Crippen LogP contribution in [0, 0.1) is 0 Å². The lowest BCUT2D eigenvalue weighted by Gasteiger charge is -2.17. The zero-order valence-corrected chi connectivity index (χ0v) is 16.5. The zero-order valence-electron chi connectivity index (χ0n) is 15.0. The van der Waals surface area contributed by atoms with E-state index in [1.54, 1.807) is 0 Å². The van der Waals surface area contributed by atoms with Crippen LogP contribution in [0.1, 0.15) is 12.8 Å². The molecule has 1 amide bonds. The van der Waals surface area contributed by atoms with E-state index in [-0.39, 0.29) is 12.5 Å². The van der Waals surface area contributed by atoms with Gasteiger partial charge >= 0.3 is 0 Å². The molecule has 0 spiro atoms. The molecule has 1 N–H and O–H groups in total. The number of nitrogens with zero attached hydrogens (tertiary/aromatic N) is 1. The van der Waals surface area contributed by atoms with Gasteiger partial charge < -0.3 is 15.0 Å². The van der Waals surface area contributed by atoms with E-state index in [4.69, 9.17) is 4.74 Å². The van der Waals surface area contributed by atoms with Gasteiger partial charge in [0.05, 0.1) is 4.47 Å². The molecule has 27 heavy (non-hydrogen) atoms. The first-order valence-corrected chi connectivity index (χ1v) is 9.95. The first-order valence-electron chi connectivity index (χ1n) is 9.15. The van der Waals surface area contributed by atoms with Gasteiger partial charge in [-0.25, -0.2) is 0 Å². The number of benzene rings is 3. The zero-order chi connectivity index (χ0) is 18.6. The van der Waals surface area contributed by atoms with E-state index in [1.807, 2.05) is 48.5 Å². The summed E-state index contributed by atoms with van der Waals surface area (Å²) in [6, 6.07) is 19.9. The monoisotopic (exact) mass is 424 g/mol. The van der Waals surface area contributed by atoms with Gasteiger partial charge in [-0.15, -0.1) is 0 Å². The highest BCUT2D eigenvalue weighted by Crippen LogP contribution is 2.33. The average molecular weight is 425 g/mol. The molecular weight excluding hydrogens is 404 g/mol. The Hall–Kier alpha value is -2.53. The molecule has 1 aliphatic rings. The van der Waals surface area contributed by atoms with Crippen molar-refractivity contribution < 1.29 is 9.53 Å². The molecule has 0 aromatic heterocycles. The van der Waals surface area contributed by atoms with Crippen LogP contribution in [0.4, 0.5) is 11.4 Å². The summed E-state index contributed by atoms with van der Waals surface area (Å²) >= 11 is 3.58. The molecule has 3 aromatic carbocycles. The standard InChI is InChI=1S/C22H21BrN2O2/c23-22-19-6-2-1-5-16(19)7-12-20(22)27-15-21(26)24-17-8-10-18(11-9-17)25-13-3-4-14-25/h1-2,5-12H,3-4,13-15H2,(H,24,26). The molecule has 138 valence electrons. The Kier molecular flexibility index (Phi) is 5.30. The van der Waals surface area contributed by atoms with Crippen molar-refractivity contribution in [2.24, 2.45) is 0 Å². The number of hydrogen-bond donors (Lipinski definition) is 1. The summed E-state index contributed by atoms with van der Waals surface area (Å²) in [5, 5.41) is 5.08. The number of carbonyl (C=O) groups excluding carboxylic acids is 1. The van der Waals surface area contributed by atoms with Crippen LogP contribution in [-0.4, -0.2) is 25.6 Å². The van der Waals surface area contributed by atoms with Crippen molar-refractivity contribution in [2.45, 2.75) is 12.8 Å². The molecule has 1 aliphatic heterocycles. The summed E-state index contributed by atoms with van der Waals surface area (Å²) in [4.78, 5) is 14.6. The van der Waals surface area contributed by atoms with E-state index in [0.29, 0.717) is 5.75 Å². The number of hydrogen-bond acceptors (Lipinski definition) is 3. The maximum atomic E-state index is 12.2. The maximum Gasteiger partial charge on any atom is 0.262 e. The second-order valence-electron chi connectivity index (χ2n) is 6.68. The summed E-state index contributed by atoms with van der Waals surface area (Å²) in [5.74, 6) is 0.484. The van der Waals surface area contributed by atoms with Gasteiger partial charge in [0, 0.05) is 24.5 Å². The summed E-state index contributed by atoms with van der Waals surface area (Å²) in [5.41, 5.74) is 1.99. The van der Waals surface area contributed by atoms with E-state index in [0.717, 1.165) is 34.0 Å². The molecule has 5 heteroatoms. The lowest BCUT2D eigenvalue weighted by molar-refractivity contribution is -0.118. The molecule has 0 aliphatic carbocycles. The lowest BCUT2D eigenvalue weighted by Crippen LogP contribution is -2.20. The third-order valence-electron chi connectivity index (χ3n) is 4.81. The average Bonchev–Trinajstić information content (AvgIpc) is 3.23. The Morgan fingerprint density at radius 2 is 1.74 bits per heavy atom. The fourth-order valence-electron chi connectivity index (χ4n) is 3.40. The highest BCUT2D eigenvalue weighted by molar-refractivity contribution is 9.10. The third kappa shape index (κ3) is 4.08. The topological polar surface area (TPSA) is 41.6 Å². The highest BCUT2D eigenvalue weighted by Gasteiger charge is 2.12. The molecule has 4 rings (SSSR count). The van der Waals surface area contributed by atoms with Crippen molar-refractivity contribution in [3.05, 3.63) is 65.1 Å². The van der Waals surface area contributed by atoms with Gasteiger partial charge in [-0.2, -0.15) is 0 Å². The minimum absolute atomic E-state index is 0.0369. The van der Waals surface area contributed by atoms with Crippen molar-refractivity contribution in [1.82, 2.24) is 0 Å². The summed E-state index contributed by atoms with van der Waals surface area (Å²) in [6.07, 6.45) is 2.50. The van der Waals surface area contributed by atoms with Crippen LogP contribution in [0.2, 0.25) is 0 Å². The fourth-order valence-corrected chi connectivity index (χ4v) is 4.00. The maximum absolute atomic E-state index is 12.2. The van der Waals surface area contributed by atoms with Gasteiger partial charge in [0.1, 0.15) is 5.75 Å². The SMILES string of the molecule is O=C(COc1ccc2ccccc2c1Br)Nc1ccc(N2CCCC2)cc1. The Balaban J connectivity index is 1.36. The molecule has 0 saturated carbocycles. The molecule has 0 radical (unpaired) electrons. The first kappa shape index (κ1) is 17.9. The Labute approximate surface area is 167 Å². The Bertz CT molecular complexity index is 950. The molecule has 0 unspecified atom stereocenters. The van der Waals surface area contributed by atoms with Crippen molar-refractivity contribution in [3.8, 4) is 5.75 Å².